The lowest BCUT2D eigenvalue weighted by molar-refractivity contribution is -0.903. The number of halogens is 1. The number of benzene rings is 1. The number of hydrogen-bond acceptors (Lipinski definition) is 2. The molecule has 5 heteroatoms. The fourth-order valence-corrected chi connectivity index (χ4v) is 3.60. The van der Waals surface area contributed by atoms with Crippen LogP contribution >= 0.6 is 22.9 Å². The maximum absolute atomic E-state index is 12.3. The molecule has 0 radical (unpaired) electrons. The monoisotopic (exact) mass is 337 g/mol. The summed E-state index contributed by atoms with van der Waals surface area (Å²) in [5, 5.41) is 5.63. The molecule has 0 aliphatic heterocycles. The molecule has 1 unspecified atom stereocenters. The zero-order chi connectivity index (χ0) is 16.1. The second kappa shape index (κ2) is 7.77. The summed E-state index contributed by atoms with van der Waals surface area (Å²) >= 11 is 7.98. The first kappa shape index (κ1) is 17.0. The molecule has 1 aromatic carbocycles. The van der Waals surface area contributed by atoms with Crippen LogP contribution in [-0.4, -0.2) is 19.0 Å². The molecular formula is C17H22ClN2OS+. The Morgan fingerprint density at radius 2 is 2.14 bits per heavy atom. The molecule has 0 bridgehead atoms. The molecule has 118 valence electrons. The van der Waals surface area contributed by atoms with Crippen molar-refractivity contribution in [1.29, 1.82) is 0 Å². The number of rotatable bonds is 6. The average Bonchev–Trinajstić information content (AvgIpc) is 2.95. The van der Waals surface area contributed by atoms with Gasteiger partial charge in [0.25, 0.3) is 5.91 Å². The van der Waals surface area contributed by atoms with E-state index in [1.165, 1.54) is 9.78 Å². The molecule has 0 saturated carbocycles. The Morgan fingerprint density at radius 1 is 1.36 bits per heavy atom. The van der Waals surface area contributed by atoms with Crippen LogP contribution in [0.4, 0.5) is 5.69 Å². The third-order valence-electron chi connectivity index (χ3n) is 3.61. The number of quaternary nitrogens is 1. The normalized spacial score (nSPS) is 12.2. The van der Waals surface area contributed by atoms with Crippen molar-refractivity contribution in [3.8, 4) is 0 Å². The van der Waals surface area contributed by atoms with Gasteiger partial charge in [0.05, 0.1) is 22.1 Å². The fourth-order valence-electron chi connectivity index (χ4n) is 2.46. The minimum absolute atomic E-state index is 0.00209. The molecule has 0 spiro atoms. The number of likely N-dealkylation sites (N-methyl/N-ethyl adjacent to an activating group) is 1. The van der Waals surface area contributed by atoms with Gasteiger partial charge in [-0.1, -0.05) is 23.7 Å². The van der Waals surface area contributed by atoms with Crippen LogP contribution in [0.1, 0.15) is 22.9 Å². The van der Waals surface area contributed by atoms with E-state index >= 15 is 0 Å². The van der Waals surface area contributed by atoms with Gasteiger partial charge in [-0.25, -0.2) is 0 Å². The molecule has 0 saturated heterocycles. The molecule has 2 rings (SSSR count). The van der Waals surface area contributed by atoms with E-state index in [1.807, 2.05) is 32.0 Å². The predicted molar refractivity (Wildman–Crippen MR) is 93.9 cm³/mol. The Bertz CT molecular complexity index is 617. The molecule has 0 aliphatic rings. The minimum Gasteiger partial charge on any atom is -0.323 e. The molecule has 1 heterocycles. The highest BCUT2D eigenvalue weighted by molar-refractivity contribution is 7.09. The van der Waals surface area contributed by atoms with E-state index in [9.17, 15) is 4.79 Å². The number of carbonyl (C=O) groups excluding carboxylic acids is 1. The summed E-state index contributed by atoms with van der Waals surface area (Å²) in [6, 6.07) is 8.06. The van der Waals surface area contributed by atoms with E-state index in [1.54, 1.807) is 11.3 Å². The Balaban J connectivity index is 2.00. The van der Waals surface area contributed by atoms with E-state index < -0.39 is 0 Å². The zero-order valence-corrected chi connectivity index (χ0v) is 14.8. The predicted octanol–water partition coefficient (Wildman–Crippen LogP) is 3.06. The smallest absolute Gasteiger partial charge is 0.279 e. The highest BCUT2D eigenvalue weighted by Gasteiger charge is 2.16. The van der Waals surface area contributed by atoms with Crippen LogP contribution in [0.3, 0.4) is 0 Å². The van der Waals surface area contributed by atoms with Gasteiger partial charge < -0.3 is 10.2 Å². The SMILES string of the molecule is CC[NH+](CC(=O)Nc1c(C)cc(C)cc1Cl)Cc1cccs1. The minimum atomic E-state index is 0.00209. The fraction of sp³-hybridized carbons (Fsp3) is 0.353. The van der Waals surface area contributed by atoms with Gasteiger partial charge in [0.1, 0.15) is 6.54 Å². The van der Waals surface area contributed by atoms with Crippen molar-refractivity contribution in [2.75, 3.05) is 18.4 Å². The second-order valence-electron chi connectivity index (χ2n) is 5.52. The van der Waals surface area contributed by atoms with Crippen LogP contribution < -0.4 is 10.2 Å². The lowest BCUT2D eigenvalue weighted by Crippen LogP contribution is -3.11. The zero-order valence-electron chi connectivity index (χ0n) is 13.2. The number of thiophene rings is 1. The first-order chi connectivity index (χ1) is 10.5. The molecule has 22 heavy (non-hydrogen) atoms. The summed E-state index contributed by atoms with van der Waals surface area (Å²) in [5.41, 5.74) is 2.82. The summed E-state index contributed by atoms with van der Waals surface area (Å²) in [4.78, 5) is 14.8. The van der Waals surface area contributed by atoms with E-state index in [4.69, 9.17) is 11.6 Å². The van der Waals surface area contributed by atoms with Crippen LogP contribution in [0, 0.1) is 13.8 Å². The molecule has 2 N–H and O–H groups in total. The number of carbonyl (C=O) groups is 1. The lowest BCUT2D eigenvalue weighted by Gasteiger charge is -2.17. The van der Waals surface area contributed by atoms with Gasteiger partial charge in [0.2, 0.25) is 0 Å². The Labute approximate surface area is 140 Å². The van der Waals surface area contributed by atoms with Gasteiger partial charge in [-0.2, -0.15) is 0 Å². The average molecular weight is 338 g/mol. The topological polar surface area (TPSA) is 33.5 Å². The molecule has 0 aliphatic carbocycles. The van der Waals surface area contributed by atoms with Crippen LogP contribution in [0.2, 0.25) is 5.02 Å². The highest BCUT2D eigenvalue weighted by Crippen LogP contribution is 2.27. The highest BCUT2D eigenvalue weighted by atomic mass is 35.5. The summed E-state index contributed by atoms with van der Waals surface area (Å²) < 4.78 is 0. The Morgan fingerprint density at radius 3 is 2.73 bits per heavy atom. The van der Waals surface area contributed by atoms with Crippen molar-refractivity contribution in [3.05, 3.63) is 50.7 Å². The van der Waals surface area contributed by atoms with E-state index in [0.717, 1.165) is 29.9 Å². The standard InChI is InChI=1S/C17H21ClN2OS/c1-4-20(10-14-6-5-7-22-14)11-16(21)19-17-13(3)8-12(2)9-15(17)18/h5-9H,4,10-11H2,1-3H3,(H,19,21)/p+1. The summed E-state index contributed by atoms with van der Waals surface area (Å²) in [5.74, 6) is 0.00209. The Hall–Kier alpha value is -1.36. The summed E-state index contributed by atoms with van der Waals surface area (Å²) in [6.07, 6.45) is 0. The second-order valence-corrected chi connectivity index (χ2v) is 6.96. The van der Waals surface area contributed by atoms with Gasteiger partial charge in [-0.3, -0.25) is 4.79 Å². The molecule has 1 amide bonds. The van der Waals surface area contributed by atoms with E-state index in [0.29, 0.717) is 11.6 Å². The molecule has 3 nitrogen and oxygen atoms in total. The van der Waals surface area contributed by atoms with Gasteiger partial charge in [0.15, 0.2) is 6.54 Å². The van der Waals surface area contributed by atoms with Crippen molar-refractivity contribution >= 4 is 34.5 Å². The van der Waals surface area contributed by atoms with Gasteiger partial charge in [-0.05, 0) is 49.4 Å². The maximum Gasteiger partial charge on any atom is 0.279 e. The third-order valence-corrected chi connectivity index (χ3v) is 4.79. The van der Waals surface area contributed by atoms with Gasteiger partial charge in [0, 0.05) is 0 Å². The Kier molecular flexibility index (Phi) is 6.00. The van der Waals surface area contributed by atoms with E-state index in [-0.39, 0.29) is 5.91 Å². The van der Waals surface area contributed by atoms with Crippen LogP contribution in [0.5, 0.6) is 0 Å². The van der Waals surface area contributed by atoms with Crippen molar-refractivity contribution in [2.45, 2.75) is 27.3 Å². The summed E-state index contributed by atoms with van der Waals surface area (Å²) in [6.45, 7) is 8.28. The molecule has 2 aromatic rings. The van der Waals surface area contributed by atoms with E-state index in [2.05, 4.69) is 23.7 Å². The summed E-state index contributed by atoms with van der Waals surface area (Å²) in [7, 11) is 0. The van der Waals surface area contributed by atoms with Crippen molar-refractivity contribution in [3.63, 3.8) is 0 Å². The molecule has 1 atom stereocenters. The first-order valence-electron chi connectivity index (χ1n) is 7.42. The van der Waals surface area contributed by atoms with Crippen molar-refractivity contribution in [2.24, 2.45) is 0 Å². The largest absolute Gasteiger partial charge is 0.323 e. The quantitative estimate of drug-likeness (QED) is 0.834. The van der Waals surface area contributed by atoms with Crippen LogP contribution in [-0.2, 0) is 11.3 Å². The molecule has 0 fully saturated rings. The number of anilines is 1. The third kappa shape index (κ3) is 4.57. The van der Waals surface area contributed by atoms with Crippen molar-refractivity contribution < 1.29 is 9.69 Å². The lowest BCUT2D eigenvalue weighted by atomic mass is 10.1. The number of nitrogens with one attached hydrogen (secondary N) is 2. The maximum atomic E-state index is 12.3. The first-order valence-corrected chi connectivity index (χ1v) is 8.68. The molecule has 1 aromatic heterocycles. The van der Waals surface area contributed by atoms with Gasteiger partial charge >= 0.3 is 0 Å². The van der Waals surface area contributed by atoms with Crippen molar-refractivity contribution in [1.82, 2.24) is 0 Å². The number of hydrogen-bond donors (Lipinski definition) is 2. The van der Waals surface area contributed by atoms with Crippen LogP contribution in [0.15, 0.2) is 29.6 Å². The van der Waals surface area contributed by atoms with Crippen LogP contribution in [0.25, 0.3) is 0 Å². The number of amides is 1. The molecular weight excluding hydrogens is 316 g/mol. The van der Waals surface area contributed by atoms with Gasteiger partial charge in [-0.15, -0.1) is 11.3 Å². The number of aryl methyl sites for hydroxylation is 2.